The number of nitrogens with zero attached hydrogens (tertiary/aromatic N) is 2. The van der Waals surface area contributed by atoms with Gasteiger partial charge in [-0.3, -0.25) is 4.99 Å². The van der Waals surface area contributed by atoms with E-state index >= 15 is 0 Å². The van der Waals surface area contributed by atoms with Gasteiger partial charge in [0.25, 0.3) is 0 Å². The van der Waals surface area contributed by atoms with Crippen LogP contribution in [0.2, 0.25) is 0 Å². The van der Waals surface area contributed by atoms with E-state index in [2.05, 4.69) is 40.3 Å². The molecule has 1 aromatic carbocycles. The van der Waals surface area contributed by atoms with Crippen LogP contribution >= 0.6 is 0 Å². The summed E-state index contributed by atoms with van der Waals surface area (Å²) in [4.78, 5) is 25.2. The molecule has 0 radical (unpaired) electrons. The molecule has 0 aromatic heterocycles. The Labute approximate surface area is 151 Å². The fourth-order valence-corrected chi connectivity index (χ4v) is 3.02. The van der Waals surface area contributed by atoms with Crippen molar-refractivity contribution in [1.82, 2.24) is 5.32 Å². The summed E-state index contributed by atoms with van der Waals surface area (Å²) in [6.45, 7) is 6.03. The van der Waals surface area contributed by atoms with Crippen molar-refractivity contribution in [2.75, 3.05) is 31.1 Å². The lowest BCUT2D eigenvalue weighted by molar-refractivity contribution is -0.159. The minimum Gasteiger partial charge on any atom is -0.478 e. The van der Waals surface area contributed by atoms with Crippen molar-refractivity contribution in [2.45, 2.75) is 25.9 Å². The van der Waals surface area contributed by atoms with Crippen molar-refractivity contribution in [2.24, 2.45) is 10.9 Å². The van der Waals surface area contributed by atoms with Crippen LogP contribution in [0.4, 0.5) is 5.69 Å². The molecular formula is C18H23N3O5. The molecule has 1 saturated carbocycles. The predicted octanol–water partition coefficient (Wildman–Crippen LogP) is 1.13. The highest BCUT2D eigenvalue weighted by Gasteiger charge is 2.33. The summed E-state index contributed by atoms with van der Waals surface area (Å²) in [7, 11) is 0. The number of benzene rings is 1. The number of carbonyl (C=O) groups is 2. The second-order valence-corrected chi connectivity index (χ2v) is 6.73. The van der Waals surface area contributed by atoms with Gasteiger partial charge in [-0.2, -0.15) is 0 Å². The average molecular weight is 361 g/mol. The topological polar surface area (TPSA) is 111 Å². The standard InChI is InChI=1S/C16H21N3O.C2H2O4/c1-11-2-5-14-13(8-11)19(9-12-3-4-12)10-15(20-14)16-17-6-7-18-16;3-1(4)2(5)6/h2,5,8,12,15H,3-4,6-7,9-10H2,1H3,(H,17,18);(H,3,4)(H,5,6). The van der Waals surface area contributed by atoms with Crippen LogP contribution in [-0.2, 0) is 9.59 Å². The zero-order valence-corrected chi connectivity index (χ0v) is 14.6. The largest absolute Gasteiger partial charge is 0.478 e. The molecule has 1 unspecified atom stereocenters. The van der Waals surface area contributed by atoms with Gasteiger partial charge in [0.15, 0.2) is 6.10 Å². The van der Waals surface area contributed by atoms with Crippen LogP contribution < -0.4 is 15.0 Å². The number of aryl methyl sites for hydroxylation is 1. The number of carboxylic acid groups (broad SMARTS) is 2. The van der Waals surface area contributed by atoms with Gasteiger partial charge in [0.05, 0.1) is 18.8 Å². The number of hydrogen-bond donors (Lipinski definition) is 3. The molecule has 140 valence electrons. The molecule has 1 aliphatic carbocycles. The van der Waals surface area contributed by atoms with Crippen LogP contribution in [0.15, 0.2) is 23.2 Å². The molecule has 0 bridgehead atoms. The lowest BCUT2D eigenvalue weighted by Crippen LogP contribution is -2.48. The Bertz CT molecular complexity index is 718. The van der Waals surface area contributed by atoms with Crippen LogP contribution in [0, 0.1) is 12.8 Å². The molecule has 1 atom stereocenters. The fourth-order valence-electron chi connectivity index (χ4n) is 3.02. The number of ether oxygens (including phenoxy) is 1. The molecule has 0 saturated heterocycles. The first-order chi connectivity index (χ1) is 12.4. The van der Waals surface area contributed by atoms with Crippen LogP contribution in [0.1, 0.15) is 18.4 Å². The van der Waals surface area contributed by atoms with E-state index in [4.69, 9.17) is 24.5 Å². The smallest absolute Gasteiger partial charge is 0.414 e. The molecule has 0 spiro atoms. The Morgan fingerprint density at radius 1 is 1.31 bits per heavy atom. The third-order valence-corrected chi connectivity index (χ3v) is 4.47. The molecular weight excluding hydrogens is 338 g/mol. The van der Waals surface area contributed by atoms with E-state index in [0.717, 1.165) is 43.7 Å². The van der Waals surface area contributed by atoms with Crippen molar-refractivity contribution < 1.29 is 24.5 Å². The van der Waals surface area contributed by atoms with Crippen molar-refractivity contribution in [3.05, 3.63) is 23.8 Å². The van der Waals surface area contributed by atoms with Crippen LogP contribution in [0.5, 0.6) is 5.75 Å². The summed E-state index contributed by atoms with van der Waals surface area (Å²) in [6.07, 6.45) is 2.82. The Morgan fingerprint density at radius 3 is 2.62 bits per heavy atom. The van der Waals surface area contributed by atoms with Crippen molar-refractivity contribution >= 4 is 23.5 Å². The van der Waals surface area contributed by atoms with Crippen molar-refractivity contribution in [1.29, 1.82) is 0 Å². The lowest BCUT2D eigenvalue weighted by Gasteiger charge is -2.36. The van der Waals surface area contributed by atoms with Gasteiger partial charge in [0.2, 0.25) is 0 Å². The molecule has 0 amide bonds. The molecule has 26 heavy (non-hydrogen) atoms. The van der Waals surface area contributed by atoms with E-state index in [9.17, 15) is 0 Å². The highest BCUT2D eigenvalue weighted by molar-refractivity contribution is 6.27. The van der Waals surface area contributed by atoms with Crippen LogP contribution in [0.3, 0.4) is 0 Å². The normalized spacial score (nSPS) is 20.7. The van der Waals surface area contributed by atoms with E-state index in [1.165, 1.54) is 24.1 Å². The Morgan fingerprint density at radius 2 is 2.04 bits per heavy atom. The summed E-state index contributed by atoms with van der Waals surface area (Å²) in [5.41, 5.74) is 2.55. The molecule has 1 fully saturated rings. The maximum atomic E-state index is 9.10. The molecule has 2 heterocycles. The zero-order valence-electron chi connectivity index (χ0n) is 14.6. The van der Waals surface area contributed by atoms with Gasteiger partial charge in [0, 0.05) is 13.1 Å². The number of nitrogens with one attached hydrogen (secondary N) is 1. The summed E-state index contributed by atoms with van der Waals surface area (Å²) >= 11 is 0. The highest BCUT2D eigenvalue weighted by atomic mass is 16.5. The Balaban J connectivity index is 0.000000286. The van der Waals surface area contributed by atoms with Gasteiger partial charge in [-0.25, -0.2) is 9.59 Å². The molecule has 3 aliphatic rings. The van der Waals surface area contributed by atoms with Crippen LogP contribution in [0.25, 0.3) is 0 Å². The number of rotatable bonds is 3. The average Bonchev–Trinajstić information content (AvgIpc) is 3.24. The molecule has 2 aliphatic heterocycles. The molecule has 4 rings (SSSR count). The van der Waals surface area contributed by atoms with Gasteiger partial charge in [-0.1, -0.05) is 6.07 Å². The van der Waals surface area contributed by atoms with Crippen LogP contribution in [-0.4, -0.2) is 60.3 Å². The number of anilines is 1. The van der Waals surface area contributed by atoms with Crippen molar-refractivity contribution in [3.8, 4) is 5.75 Å². The Kier molecular flexibility index (Phi) is 5.29. The highest BCUT2D eigenvalue weighted by Crippen LogP contribution is 2.38. The molecule has 3 N–H and O–H groups in total. The number of aliphatic imine (C=N–C) groups is 1. The van der Waals surface area contributed by atoms with Gasteiger partial charge in [0.1, 0.15) is 11.6 Å². The maximum absolute atomic E-state index is 9.10. The lowest BCUT2D eigenvalue weighted by atomic mass is 10.1. The number of amidine groups is 1. The predicted molar refractivity (Wildman–Crippen MR) is 96.1 cm³/mol. The van der Waals surface area contributed by atoms with Gasteiger partial charge in [-0.15, -0.1) is 0 Å². The van der Waals surface area contributed by atoms with E-state index < -0.39 is 11.9 Å². The second kappa shape index (κ2) is 7.63. The SMILES string of the molecule is Cc1ccc2c(c1)N(CC1CC1)CC(C1=NCCN1)O2.O=C(O)C(=O)O. The summed E-state index contributed by atoms with van der Waals surface area (Å²) in [6, 6.07) is 6.48. The third-order valence-electron chi connectivity index (χ3n) is 4.47. The van der Waals surface area contributed by atoms with E-state index in [1.54, 1.807) is 0 Å². The minimum absolute atomic E-state index is 0.0615. The first kappa shape index (κ1) is 18.0. The van der Waals surface area contributed by atoms with Gasteiger partial charge < -0.3 is 25.2 Å². The number of hydrogen-bond acceptors (Lipinski definition) is 6. The molecule has 1 aromatic rings. The van der Waals surface area contributed by atoms with Gasteiger partial charge in [-0.05, 0) is 43.4 Å². The quantitative estimate of drug-likeness (QED) is 0.692. The van der Waals surface area contributed by atoms with E-state index in [0.29, 0.717) is 0 Å². The summed E-state index contributed by atoms with van der Waals surface area (Å²) in [5.74, 6) is -0.744. The summed E-state index contributed by atoms with van der Waals surface area (Å²) in [5, 5.41) is 18.1. The first-order valence-corrected chi connectivity index (χ1v) is 8.70. The monoisotopic (exact) mass is 361 g/mol. The number of fused-ring (bicyclic) bond motifs is 1. The third kappa shape index (κ3) is 4.44. The Hall–Kier alpha value is -2.77. The fraction of sp³-hybridized carbons (Fsp3) is 0.500. The molecule has 8 nitrogen and oxygen atoms in total. The maximum Gasteiger partial charge on any atom is 0.414 e. The van der Waals surface area contributed by atoms with E-state index in [-0.39, 0.29) is 6.10 Å². The van der Waals surface area contributed by atoms with Gasteiger partial charge >= 0.3 is 11.9 Å². The zero-order chi connectivity index (χ0) is 18.7. The minimum atomic E-state index is -1.82. The summed E-state index contributed by atoms with van der Waals surface area (Å²) < 4.78 is 6.17. The van der Waals surface area contributed by atoms with Crippen molar-refractivity contribution in [3.63, 3.8) is 0 Å². The second-order valence-electron chi connectivity index (χ2n) is 6.73. The molecule has 8 heteroatoms. The first-order valence-electron chi connectivity index (χ1n) is 8.70. The number of aliphatic carboxylic acids is 2. The number of carboxylic acids is 2. The van der Waals surface area contributed by atoms with E-state index in [1.807, 2.05) is 0 Å².